The quantitative estimate of drug-likeness (QED) is 0.147. The molecule has 4 bridgehead atoms. The molecule has 7 unspecified atom stereocenters. The third-order valence-corrected chi connectivity index (χ3v) is 17.2. The van der Waals surface area contributed by atoms with Crippen molar-refractivity contribution < 1.29 is 28.5 Å². The van der Waals surface area contributed by atoms with E-state index >= 15 is 4.79 Å². The molecule has 0 N–H and O–H groups in total. The lowest BCUT2D eigenvalue weighted by molar-refractivity contribution is -0.256. The highest BCUT2D eigenvalue weighted by Crippen LogP contribution is 2.86. The van der Waals surface area contributed by atoms with Crippen LogP contribution in [0.5, 0.6) is 0 Å². The standard InChI is InChI=1S/C51H70N2O6/c1-35(2)43-31-40-32-50(48-56-28-29-57-48)42-20-19-36(3)41(42)33-49(40,51(43,50)47(54)59-46(37-14-7-4-8-15-37)38-16-9-5-10-17-38)45-30-39(18-13-23-52-24-26-55-27-25-52)44(58-45)34-53-21-11-6-12-22-53/h4-5,7-10,14-17,31,35-36,39-42,44-46,48H,6,11-13,18-30,32-34H2,1-3H3/t36-,39?,40?,41-,42-,44?,45?,49?,50?,51?/m1/s1. The van der Waals surface area contributed by atoms with Crippen molar-refractivity contribution in [3.8, 4) is 0 Å². The molecule has 8 aliphatic rings. The Hall–Kier alpha value is -2.59. The van der Waals surface area contributed by atoms with E-state index in [4.69, 9.17) is 23.7 Å². The Labute approximate surface area is 353 Å². The maximum Gasteiger partial charge on any atom is 0.318 e. The van der Waals surface area contributed by atoms with E-state index in [2.05, 4.69) is 85.2 Å². The van der Waals surface area contributed by atoms with Gasteiger partial charge in [0.25, 0.3) is 0 Å². The zero-order chi connectivity index (χ0) is 40.2. The lowest BCUT2D eigenvalue weighted by Crippen LogP contribution is -2.68. The molecule has 4 heterocycles. The largest absolute Gasteiger partial charge is 0.452 e. The van der Waals surface area contributed by atoms with Gasteiger partial charge in [-0.05, 0) is 118 Å². The molecule has 0 radical (unpaired) electrons. The molecule has 0 amide bonds. The fraction of sp³-hybridized carbons (Fsp3) is 0.706. The molecule has 0 spiro atoms. The molecule has 10 rings (SSSR count). The number of hydrogen-bond acceptors (Lipinski definition) is 8. The van der Waals surface area contributed by atoms with Gasteiger partial charge in [0.05, 0.1) is 38.6 Å². The Morgan fingerprint density at radius 3 is 2.20 bits per heavy atom. The average Bonchev–Trinajstić information content (AvgIpc) is 4.10. The third kappa shape index (κ3) is 6.54. The normalized spacial score (nSPS) is 38.7. The number of likely N-dealkylation sites (tertiary alicyclic amines) is 1. The van der Waals surface area contributed by atoms with Gasteiger partial charge in [0, 0.05) is 30.5 Å². The molecule has 3 saturated carbocycles. The number of morpholine rings is 1. The van der Waals surface area contributed by atoms with Crippen molar-refractivity contribution in [2.24, 2.45) is 51.8 Å². The second-order valence-electron chi connectivity index (χ2n) is 20.2. The molecule has 10 atom stereocenters. The fourth-order valence-corrected chi connectivity index (χ4v) is 14.9. The van der Waals surface area contributed by atoms with Crippen LogP contribution in [0.2, 0.25) is 0 Å². The van der Waals surface area contributed by atoms with E-state index in [-0.39, 0.29) is 30.0 Å². The highest BCUT2D eigenvalue weighted by Gasteiger charge is 2.88. The minimum absolute atomic E-state index is 0.0559. The first-order chi connectivity index (χ1) is 28.9. The molecule has 8 heteroatoms. The first kappa shape index (κ1) is 40.5. The zero-order valence-corrected chi connectivity index (χ0v) is 36.1. The van der Waals surface area contributed by atoms with E-state index in [9.17, 15) is 0 Å². The van der Waals surface area contributed by atoms with Crippen molar-refractivity contribution in [1.29, 1.82) is 0 Å². The molecular formula is C51H70N2O6. The number of carbonyl (C=O) groups is 1. The number of benzene rings is 2. The predicted molar refractivity (Wildman–Crippen MR) is 228 cm³/mol. The van der Waals surface area contributed by atoms with Gasteiger partial charge in [0.2, 0.25) is 0 Å². The van der Waals surface area contributed by atoms with Gasteiger partial charge < -0.3 is 28.6 Å². The number of fused-ring (bicyclic) bond motifs is 2. The lowest BCUT2D eigenvalue weighted by Gasteiger charge is -2.63. The van der Waals surface area contributed by atoms with Crippen molar-refractivity contribution in [2.75, 3.05) is 65.7 Å². The summed E-state index contributed by atoms with van der Waals surface area (Å²) >= 11 is 0. The maximum absolute atomic E-state index is 16.7. The van der Waals surface area contributed by atoms with E-state index in [0.717, 1.165) is 95.7 Å². The van der Waals surface area contributed by atoms with Gasteiger partial charge in [-0.3, -0.25) is 9.69 Å². The number of esters is 1. The first-order valence-corrected chi connectivity index (χ1v) is 23.8. The third-order valence-electron chi connectivity index (χ3n) is 17.2. The van der Waals surface area contributed by atoms with Crippen molar-refractivity contribution >= 4 is 5.97 Å². The van der Waals surface area contributed by atoms with Crippen LogP contribution in [0.4, 0.5) is 0 Å². The molecular weight excluding hydrogens is 737 g/mol. The molecule has 7 fully saturated rings. The van der Waals surface area contributed by atoms with Crippen molar-refractivity contribution in [2.45, 2.75) is 110 Å². The second kappa shape index (κ2) is 16.6. The Bertz CT molecular complexity index is 1750. The molecule has 320 valence electrons. The smallest absolute Gasteiger partial charge is 0.318 e. The monoisotopic (exact) mass is 807 g/mol. The van der Waals surface area contributed by atoms with Gasteiger partial charge >= 0.3 is 5.97 Å². The van der Waals surface area contributed by atoms with E-state index in [1.54, 1.807) is 0 Å². The summed E-state index contributed by atoms with van der Waals surface area (Å²) in [5, 5.41) is 0. The van der Waals surface area contributed by atoms with Gasteiger partial charge in [-0.2, -0.15) is 0 Å². The summed E-state index contributed by atoms with van der Waals surface area (Å²) in [6.07, 6.45) is 13.1. The number of allylic oxidation sites excluding steroid dienone is 1. The van der Waals surface area contributed by atoms with Gasteiger partial charge in [-0.25, -0.2) is 0 Å². The van der Waals surface area contributed by atoms with E-state index in [1.165, 1.54) is 37.7 Å². The van der Waals surface area contributed by atoms with Crippen LogP contribution >= 0.6 is 0 Å². The molecule has 8 nitrogen and oxygen atoms in total. The molecule has 0 aromatic heterocycles. The summed E-state index contributed by atoms with van der Waals surface area (Å²) in [6, 6.07) is 20.8. The van der Waals surface area contributed by atoms with Crippen LogP contribution < -0.4 is 0 Å². The van der Waals surface area contributed by atoms with E-state index < -0.39 is 28.6 Å². The summed E-state index contributed by atoms with van der Waals surface area (Å²) in [5.41, 5.74) is 1.34. The molecule has 2 aromatic carbocycles. The van der Waals surface area contributed by atoms with E-state index in [0.29, 0.717) is 36.9 Å². The minimum Gasteiger partial charge on any atom is -0.452 e. The zero-order valence-electron chi connectivity index (χ0n) is 36.1. The average molecular weight is 807 g/mol. The van der Waals surface area contributed by atoms with Crippen molar-refractivity contribution in [3.05, 3.63) is 83.4 Å². The number of ether oxygens (including phenoxy) is 5. The van der Waals surface area contributed by atoms with Crippen LogP contribution in [-0.2, 0) is 28.5 Å². The number of piperidine rings is 1. The molecule has 4 saturated heterocycles. The first-order valence-electron chi connectivity index (χ1n) is 23.8. The van der Waals surface area contributed by atoms with Gasteiger partial charge in [0.15, 0.2) is 12.4 Å². The van der Waals surface area contributed by atoms with Crippen LogP contribution in [0.25, 0.3) is 0 Å². The predicted octanol–water partition coefficient (Wildman–Crippen LogP) is 8.71. The van der Waals surface area contributed by atoms with Crippen LogP contribution in [0.15, 0.2) is 72.3 Å². The number of rotatable bonds is 13. The molecule has 4 aliphatic heterocycles. The lowest BCUT2D eigenvalue weighted by atomic mass is 9.40. The summed E-state index contributed by atoms with van der Waals surface area (Å²) in [5.74, 6) is 2.10. The maximum atomic E-state index is 16.7. The number of hydrogen-bond donors (Lipinski definition) is 0. The Kier molecular flexibility index (Phi) is 11.4. The van der Waals surface area contributed by atoms with Crippen LogP contribution in [0, 0.1) is 51.8 Å². The van der Waals surface area contributed by atoms with Gasteiger partial charge in [0.1, 0.15) is 5.41 Å². The summed E-state index contributed by atoms with van der Waals surface area (Å²) in [7, 11) is 0. The highest BCUT2D eigenvalue weighted by molar-refractivity contribution is 5.87. The Morgan fingerprint density at radius 1 is 0.831 bits per heavy atom. The van der Waals surface area contributed by atoms with Crippen LogP contribution in [-0.4, -0.2) is 100.0 Å². The number of carbonyl (C=O) groups excluding carboxylic acids is 1. The van der Waals surface area contributed by atoms with Crippen LogP contribution in [0.3, 0.4) is 0 Å². The van der Waals surface area contributed by atoms with Gasteiger partial charge in [-0.15, -0.1) is 0 Å². The summed E-state index contributed by atoms with van der Waals surface area (Å²) in [4.78, 5) is 22.0. The fourth-order valence-electron chi connectivity index (χ4n) is 14.9. The highest BCUT2D eigenvalue weighted by atomic mass is 16.7. The van der Waals surface area contributed by atoms with E-state index in [1.807, 2.05) is 12.1 Å². The van der Waals surface area contributed by atoms with Crippen molar-refractivity contribution in [1.82, 2.24) is 9.80 Å². The molecule has 59 heavy (non-hydrogen) atoms. The molecule has 2 aromatic rings. The topological polar surface area (TPSA) is 69.7 Å². The SMILES string of the molecule is CC(C)C1=CC2CC3(C4OCCO4)[C@@H]4CC[C@@H](C)[C@H]4CC2(C2CC(CCCN4CCOCC4)C(CN4CCCCC4)O2)C13C(=O)OC(c1ccccc1)c1ccccc1. The summed E-state index contributed by atoms with van der Waals surface area (Å²) < 4.78 is 34.5. The minimum atomic E-state index is -0.941. The summed E-state index contributed by atoms with van der Waals surface area (Å²) in [6.45, 7) is 16.4. The van der Waals surface area contributed by atoms with Gasteiger partial charge in [-0.1, -0.05) is 106 Å². The molecule has 4 aliphatic carbocycles. The number of nitrogens with zero attached hydrogens (tertiary/aromatic N) is 2. The Balaban J connectivity index is 1.10. The Morgan fingerprint density at radius 2 is 1.53 bits per heavy atom. The second-order valence-corrected chi connectivity index (χ2v) is 20.2. The van der Waals surface area contributed by atoms with Crippen LogP contribution in [0.1, 0.15) is 102 Å². The van der Waals surface area contributed by atoms with Crippen molar-refractivity contribution in [3.63, 3.8) is 0 Å².